The molecule has 6 nitrogen and oxygen atoms in total. The number of aryl methyl sites for hydroxylation is 1. The minimum atomic E-state index is 0.746. The average molecular weight is 372 g/mol. The monoisotopic (exact) mass is 371 g/mol. The molecule has 0 aliphatic carbocycles. The van der Waals surface area contributed by atoms with Gasteiger partial charge in [-0.05, 0) is 56.5 Å². The Labute approximate surface area is 163 Å². The van der Waals surface area contributed by atoms with E-state index in [4.69, 9.17) is 4.74 Å². The Morgan fingerprint density at radius 1 is 1.15 bits per heavy atom. The molecule has 27 heavy (non-hydrogen) atoms. The zero-order chi connectivity index (χ0) is 18.9. The lowest BCUT2D eigenvalue weighted by atomic mass is 9.96. The van der Waals surface area contributed by atoms with Crippen LogP contribution in [0.5, 0.6) is 0 Å². The summed E-state index contributed by atoms with van der Waals surface area (Å²) in [6, 6.07) is 4.24. The van der Waals surface area contributed by atoms with E-state index in [9.17, 15) is 0 Å². The summed E-state index contributed by atoms with van der Waals surface area (Å²) in [6.07, 6.45) is 10.3. The molecule has 1 aliphatic rings. The molecule has 3 heterocycles. The molecule has 0 radical (unpaired) electrons. The van der Waals surface area contributed by atoms with E-state index in [1.807, 2.05) is 18.6 Å². The molecular weight excluding hydrogens is 338 g/mol. The van der Waals surface area contributed by atoms with Crippen molar-refractivity contribution in [2.24, 2.45) is 5.92 Å². The highest BCUT2D eigenvalue weighted by molar-refractivity contribution is 5.09. The third kappa shape index (κ3) is 6.13. The molecule has 0 saturated carbocycles. The fraction of sp³-hybridized carbons (Fsp3) is 0.619. The van der Waals surface area contributed by atoms with Crippen molar-refractivity contribution in [2.75, 3.05) is 39.9 Å². The van der Waals surface area contributed by atoms with Gasteiger partial charge in [0.1, 0.15) is 5.82 Å². The minimum absolute atomic E-state index is 0.746. The van der Waals surface area contributed by atoms with Gasteiger partial charge in [0.05, 0.1) is 13.2 Å². The van der Waals surface area contributed by atoms with Crippen molar-refractivity contribution >= 4 is 0 Å². The summed E-state index contributed by atoms with van der Waals surface area (Å²) in [5.74, 6) is 1.90. The van der Waals surface area contributed by atoms with Crippen LogP contribution in [0.15, 0.2) is 36.9 Å². The van der Waals surface area contributed by atoms with Crippen LogP contribution >= 0.6 is 0 Å². The van der Waals surface area contributed by atoms with Crippen LogP contribution in [0.25, 0.3) is 0 Å². The second-order valence-electron chi connectivity index (χ2n) is 7.43. The van der Waals surface area contributed by atoms with Gasteiger partial charge in [0.2, 0.25) is 0 Å². The molecule has 2 aromatic rings. The van der Waals surface area contributed by atoms with Crippen molar-refractivity contribution in [3.8, 4) is 0 Å². The van der Waals surface area contributed by atoms with Gasteiger partial charge >= 0.3 is 0 Å². The van der Waals surface area contributed by atoms with E-state index >= 15 is 0 Å². The Kier molecular flexibility index (Phi) is 7.80. The Morgan fingerprint density at radius 3 is 2.63 bits per heavy atom. The van der Waals surface area contributed by atoms with Crippen LogP contribution in [0, 0.1) is 5.92 Å². The first-order valence-electron chi connectivity index (χ1n) is 10.1. The number of ether oxygens (including phenoxy) is 1. The normalized spacial score (nSPS) is 16.3. The Morgan fingerprint density at radius 2 is 1.93 bits per heavy atom. The molecule has 0 spiro atoms. The van der Waals surface area contributed by atoms with Crippen LogP contribution in [0.3, 0.4) is 0 Å². The minimum Gasteiger partial charge on any atom is -0.383 e. The summed E-state index contributed by atoms with van der Waals surface area (Å²) in [4.78, 5) is 13.8. The summed E-state index contributed by atoms with van der Waals surface area (Å²) in [7, 11) is 1.78. The molecule has 0 atom stereocenters. The zero-order valence-corrected chi connectivity index (χ0v) is 16.8. The predicted octanol–water partition coefficient (Wildman–Crippen LogP) is 2.66. The molecule has 0 N–H and O–H groups in total. The second-order valence-corrected chi connectivity index (χ2v) is 7.43. The lowest BCUT2D eigenvalue weighted by Gasteiger charge is -2.34. The van der Waals surface area contributed by atoms with E-state index in [0.29, 0.717) is 0 Å². The van der Waals surface area contributed by atoms with Gasteiger partial charge in [0, 0.05) is 58.1 Å². The number of imidazole rings is 1. The van der Waals surface area contributed by atoms with E-state index in [-0.39, 0.29) is 0 Å². The van der Waals surface area contributed by atoms with E-state index < -0.39 is 0 Å². The number of methoxy groups -OCH3 is 1. The Balaban J connectivity index is 1.60. The molecule has 148 valence electrons. The third-order valence-electron chi connectivity index (χ3n) is 5.50. The number of aromatic nitrogens is 3. The molecule has 0 amide bonds. The van der Waals surface area contributed by atoms with E-state index in [1.54, 1.807) is 7.11 Å². The summed E-state index contributed by atoms with van der Waals surface area (Å²) >= 11 is 0. The second kappa shape index (κ2) is 10.5. The molecule has 0 bridgehead atoms. The van der Waals surface area contributed by atoms with Crippen LogP contribution in [0.1, 0.15) is 31.2 Å². The van der Waals surface area contributed by atoms with Crippen LogP contribution in [-0.4, -0.2) is 64.2 Å². The molecule has 3 rings (SSSR count). The highest BCUT2D eigenvalue weighted by Gasteiger charge is 2.22. The molecule has 6 heteroatoms. The van der Waals surface area contributed by atoms with Gasteiger partial charge in [-0.3, -0.25) is 9.88 Å². The van der Waals surface area contributed by atoms with Gasteiger partial charge in [-0.15, -0.1) is 0 Å². The van der Waals surface area contributed by atoms with Gasteiger partial charge in [0.15, 0.2) is 0 Å². The molecule has 0 unspecified atom stereocenters. The van der Waals surface area contributed by atoms with Gasteiger partial charge < -0.3 is 14.2 Å². The number of piperidine rings is 1. The zero-order valence-electron chi connectivity index (χ0n) is 16.8. The van der Waals surface area contributed by atoms with Crippen LogP contribution in [-0.2, 0) is 24.4 Å². The van der Waals surface area contributed by atoms with Crippen molar-refractivity contribution in [2.45, 2.75) is 39.4 Å². The number of hydrogen-bond donors (Lipinski definition) is 0. The summed E-state index contributed by atoms with van der Waals surface area (Å²) in [5.41, 5.74) is 1.32. The van der Waals surface area contributed by atoms with Crippen molar-refractivity contribution in [1.82, 2.24) is 24.3 Å². The van der Waals surface area contributed by atoms with E-state index in [0.717, 1.165) is 51.1 Å². The van der Waals surface area contributed by atoms with Crippen LogP contribution < -0.4 is 0 Å². The van der Waals surface area contributed by atoms with Crippen LogP contribution in [0.2, 0.25) is 0 Å². The molecule has 1 aliphatic heterocycles. The first kappa shape index (κ1) is 20.0. The van der Waals surface area contributed by atoms with Gasteiger partial charge in [0.25, 0.3) is 0 Å². The molecule has 0 aromatic carbocycles. The largest absolute Gasteiger partial charge is 0.383 e. The van der Waals surface area contributed by atoms with Crippen molar-refractivity contribution in [1.29, 1.82) is 0 Å². The quantitative estimate of drug-likeness (QED) is 0.643. The highest BCUT2D eigenvalue weighted by atomic mass is 16.5. The van der Waals surface area contributed by atoms with Crippen molar-refractivity contribution in [3.63, 3.8) is 0 Å². The number of pyridine rings is 1. The van der Waals surface area contributed by atoms with E-state index in [1.165, 1.54) is 31.5 Å². The topological polar surface area (TPSA) is 46.4 Å². The first-order valence-corrected chi connectivity index (χ1v) is 10.1. The van der Waals surface area contributed by atoms with E-state index in [2.05, 4.69) is 49.6 Å². The fourth-order valence-corrected chi connectivity index (χ4v) is 3.89. The molecular formula is C21H33N5O. The lowest BCUT2D eigenvalue weighted by molar-refractivity contribution is 0.103. The highest BCUT2D eigenvalue weighted by Crippen LogP contribution is 2.20. The number of hydrogen-bond acceptors (Lipinski definition) is 5. The standard InChI is InChI=1S/C21H33N5O/c1-3-26-13-10-23-21(26)18-25(16-19-4-8-22-9-5-19)17-20-6-11-24(12-7-20)14-15-27-2/h4-5,8-10,13,20H,3,6-7,11-12,14-18H2,1-2H3. The first-order chi connectivity index (χ1) is 13.3. The maximum Gasteiger partial charge on any atom is 0.122 e. The van der Waals surface area contributed by atoms with Gasteiger partial charge in [-0.2, -0.15) is 0 Å². The average Bonchev–Trinajstić information content (AvgIpc) is 3.15. The van der Waals surface area contributed by atoms with Crippen molar-refractivity contribution < 1.29 is 4.74 Å². The number of rotatable bonds is 10. The predicted molar refractivity (Wildman–Crippen MR) is 107 cm³/mol. The smallest absolute Gasteiger partial charge is 0.122 e. The molecule has 1 fully saturated rings. The maximum absolute atomic E-state index is 5.22. The third-order valence-corrected chi connectivity index (χ3v) is 5.50. The summed E-state index contributed by atoms with van der Waals surface area (Å²) in [5, 5.41) is 0. The van der Waals surface area contributed by atoms with Crippen LogP contribution in [0.4, 0.5) is 0 Å². The summed E-state index contributed by atoms with van der Waals surface area (Å²) < 4.78 is 7.46. The van der Waals surface area contributed by atoms with Gasteiger partial charge in [-0.25, -0.2) is 4.98 Å². The Bertz CT molecular complexity index is 652. The van der Waals surface area contributed by atoms with Gasteiger partial charge in [-0.1, -0.05) is 0 Å². The summed E-state index contributed by atoms with van der Waals surface area (Å²) in [6.45, 7) is 10.4. The van der Waals surface area contributed by atoms with Crippen molar-refractivity contribution in [3.05, 3.63) is 48.3 Å². The lowest BCUT2D eigenvalue weighted by Crippen LogP contribution is -2.40. The maximum atomic E-state index is 5.22. The Hall–Kier alpha value is -1.76. The number of likely N-dealkylation sites (tertiary alicyclic amines) is 1. The fourth-order valence-electron chi connectivity index (χ4n) is 3.89. The SMILES string of the molecule is CCn1ccnc1CN(Cc1ccncc1)CC1CCN(CCOC)CC1. The molecule has 2 aromatic heterocycles. The molecule has 1 saturated heterocycles. The number of nitrogens with zero attached hydrogens (tertiary/aromatic N) is 5.